The Morgan fingerprint density at radius 1 is 0.909 bits per heavy atom. The second-order valence-electron chi connectivity index (χ2n) is 9.21. The number of fused-ring (bicyclic) bond motifs is 2. The monoisotopic (exact) mass is 299 g/mol. The highest BCUT2D eigenvalue weighted by Crippen LogP contribution is 2.65. The lowest BCUT2D eigenvalue weighted by Gasteiger charge is -2.64. The van der Waals surface area contributed by atoms with Crippen LogP contribution in [0.4, 0.5) is 0 Å². The smallest absolute Gasteiger partial charge is 0.243 e. The third-order valence-electron chi connectivity index (χ3n) is 8.37. The molecule has 120 valence electrons. The van der Waals surface area contributed by atoms with Gasteiger partial charge in [-0.05, 0) is 98.9 Å². The van der Waals surface area contributed by atoms with Gasteiger partial charge in [0.15, 0.2) is 0 Å². The topological polar surface area (TPSA) is 29.1 Å². The standard InChI is InChI=1S/C20H29NO/c1-2-19(22)21-20(18-11-12-3-4-15(18)6-12)16-7-13-5-14(9-16)10-17(20)8-13/h2,12-18H,1,3-11H2,(H,21,22). The van der Waals surface area contributed by atoms with Crippen molar-refractivity contribution in [2.45, 2.75) is 63.3 Å². The van der Waals surface area contributed by atoms with E-state index < -0.39 is 0 Å². The Bertz CT molecular complexity index is 482. The molecule has 2 heteroatoms. The maximum atomic E-state index is 12.3. The summed E-state index contributed by atoms with van der Waals surface area (Å²) >= 11 is 0. The first-order valence-corrected chi connectivity index (χ1v) is 9.63. The molecule has 6 aliphatic carbocycles. The van der Waals surface area contributed by atoms with Crippen LogP contribution in [0.1, 0.15) is 57.8 Å². The lowest BCUT2D eigenvalue weighted by atomic mass is 9.44. The van der Waals surface area contributed by atoms with E-state index >= 15 is 0 Å². The minimum atomic E-state index is 0.0928. The minimum absolute atomic E-state index is 0.0928. The molecule has 6 bridgehead atoms. The second-order valence-corrected chi connectivity index (χ2v) is 9.21. The predicted molar refractivity (Wildman–Crippen MR) is 87.1 cm³/mol. The van der Waals surface area contributed by atoms with Crippen LogP contribution in [-0.2, 0) is 4.79 Å². The summed E-state index contributed by atoms with van der Waals surface area (Å²) in [4.78, 5) is 12.3. The molecule has 0 saturated heterocycles. The molecule has 0 aliphatic heterocycles. The number of carbonyl (C=O) groups excluding carboxylic acids is 1. The molecule has 3 atom stereocenters. The molecule has 6 saturated carbocycles. The Kier molecular flexibility index (Phi) is 2.86. The summed E-state index contributed by atoms with van der Waals surface area (Å²) in [5.41, 5.74) is 0.137. The number of amides is 1. The zero-order valence-corrected chi connectivity index (χ0v) is 13.6. The molecule has 6 rings (SSSR count). The zero-order valence-electron chi connectivity index (χ0n) is 13.6. The molecular weight excluding hydrogens is 270 g/mol. The molecule has 0 aromatic carbocycles. The van der Waals surface area contributed by atoms with E-state index in [9.17, 15) is 4.79 Å². The van der Waals surface area contributed by atoms with Crippen LogP contribution in [-0.4, -0.2) is 11.4 Å². The van der Waals surface area contributed by atoms with Gasteiger partial charge in [-0.1, -0.05) is 13.0 Å². The molecule has 0 aromatic heterocycles. The molecule has 0 radical (unpaired) electrons. The average molecular weight is 299 g/mol. The third-order valence-corrected chi connectivity index (χ3v) is 8.37. The summed E-state index contributed by atoms with van der Waals surface area (Å²) in [6.07, 6.45) is 14.3. The third kappa shape index (κ3) is 1.70. The van der Waals surface area contributed by atoms with Gasteiger partial charge in [-0.2, -0.15) is 0 Å². The Hall–Kier alpha value is -0.790. The zero-order chi connectivity index (χ0) is 14.9. The number of carbonyl (C=O) groups is 1. The number of nitrogens with one attached hydrogen (secondary N) is 1. The Morgan fingerprint density at radius 2 is 1.59 bits per heavy atom. The molecule has 3 unspecified atom stereocenters. The van der Waals surface area contributed by atoms with Crippen molar-refractivity contribution >= 4 is 5.91 Å². The summed E-state index contributed by atoms with van der Waals surface area (Å²) < 4.78 is 0. The Morgan fingerprint density at radius 3 is 2.09 bits per heavy atom. The van der Waals surface area contributed by atoms with Crippen molar-refractivity contribution in [3.8, 4) is 0 Å². The van der Waals surface area contributed by atoms with Crippen LogP contribution in [0.2, 0.25) is 0 Å². The van der Waals surface area contributed by atoms with Gasteiger partial charge in [-0.25, -0.2) is 0 Å². The van der Waals surface area contributed by atoms with Crippen molar-refractivity contribution in [1.82, 2.24) is 5.32 Å². The molecule has 0 spiro atoms. The van der Waals surface area contributed by atoms with E-state index in [2.05, 4.69) is 11.9 Å². The molecule has 0 aromatic rings. The molecule has 6 fully saturated rings. The summed E-state index contributed by atoms with van der Waals surface area (Å²) in [6.45, 7) is 3.74. The van der Waals surface area contributed by atoms with Gasteiger partial charge in [0.25, 0.3) is 0 Å². The van der Waals surface area contributed by atoms with E-state index in [1.807, 2.05) is 0 Å². The van der Waals surface area contributed by atoms with Gasteiger partial charge >= 0.3 is 0 Å². The van der Waals surface area contributed by atoms with Gasteiger partial charge in [-0.15, -0.1) is 0 Å². The summed E-state index contributed by atoms with van der Waals surface area (Å²) in [7, 11) is 0. The van der Waals surface area contributed by atoms with E-state index in [0.29, 0.717) is 0 Å². The van der Waals surface area contributed by atoms with Gasteiger partial charge < -0.3 is 5.32 Å². The van der Waals surface area contributed by atoms with Crippen LogP contribution >= 0.6 is 0 Å². The van der Waals surface area contributed by atoms with E-state index in [0.717, 1.165) is 41.4 Å². The molecule has 2 nitrogen and oxygen atoms in total. The largest absolute Gasteiger partial charge is 0.346 e. The quantitative estimate of drug-likeness (QED) is 0.786. The maximum Gasteiger partial charge on any atom is 0.243 e. The van der Waals surface area contributed by atoms with Crippen LogP contribution in [0.15, 0.2) is 12.7 Å². The Labute approximate surface area is 134 Å². The Balaban J connectivity index is 1.54. The highest BCUT2D eigenvalue weighted by Gasteiger charge is 2.63. The predicted octanol–water partition coefficient (Wildman–Crippen LogP) is 3.92. The van der Waals surface area contributed by atoms with Crippen LogP contribution in [0, 0.1) is 41.4 Å². The van der Waals surface area contributed by atoms with Gasteiger partial charge in [0.1, 0.15) is 0 Å². The highest BCUT2D eigenvalue weighted by atomic mass is 16.1. The first-order chi connectivity index (χ1) is 10.7. The van der Waals surface area contributed by atoms with Crippen molar-refractivity contribution in [3.63, 3.8) is 0 Å². The van der Waals surface area contributed by atoms with Gasteiger partial charge in [0, 0.05) is 5.54 Å². The number of hydrogen-bond donors (Lipinski definition) is 1. The molecule has 1 N–H and O–H groups in total. The van der Waals surface area contributed by atoms with Gasteiger partial charge in [0.2, 0.25) is 5.91 Å². The van der Waals surface area contributed by atoms with E-state index in [4.69, 9.17) is 0 Å². The van der Waals surface area contributed by atoms with E-state index in [-0.39, 0.29) is 11.4 Å². The molecule has 22 heavy (non-hydrogen) atoms. The molecule has 6 aliphatic rings. The van der Waals surface area contributed by atoms with E-state index in [1.54, 1.807) is 0 Å². The minimum Gasteiger partial charge on any atom is -0.346 e. The molecular formula is C20H29NO. The van der Waals surface area contributed by atoms with Gasteiger partial charge in [-0.3, -0.25) is 4.79 Å². The summed E-state index contributed by atoms with van der Waals surface area (Å²) in [6, 6.07) is 0. The molecule has 1 amide bonds. The maximum absolute atomic E-state index is 12.3. The fraction of sp³-hybridized carbons (Fsp3) is 0.850. The van der Waals surface area contributed by atoms with Crippen LogP contribution in [0.5, 0.6) is 0 Å². The fourth-order valence-electron chi connectivity index (χ4n) is 7.96. The van der Waals surface area contributed by atoms with E-state index in [1.165, 1.54) is 63.9 Å². The summed E-state index contributed by atoms with van der Waals surface area (Å²) in [5.74, 6) is 6.18. The first-order valence-electron chi connectivity index (χ1n) is 9.63. The summed E-state index contributed by atoms with van der Waals surface area (Å²) in [5, 5.41) is 3.60. The van der Waals surface area contributed by atoms with Crippen LogP contribution in [0.25, 0.3) is 0 Å². The molecule has 0 heterocycles. The van der Waals surface area contributed by atoms with Crippen molar-refractivity contribution in [2.75, 3.05) is 0 Å². The van der Waals surface area contributed by atoms with Crippen molar-refractivity contribution in [2.24, 2.45) is 41.4 Å². The van der Waals surface area contributed by atoms with Crippen LogP contribution < -0.4 is 5.32 Å². The average Bonchev–Trinajstić information content (AvgIpc) is 3.13. The number of rotatable bonds is 3. The fourth-order valence-corrected chi connectivity index (χ4v) is 7.96. The van der Waals surface area contributed by atoms with Crippen molar-refractivity contribution in [1.29, 1.82) is 0 Å². The SMILES string of the molecule is C=CC(=O)NC1(C2CC3CCC2C3)C2CC3CC(C2)CC1C3. The van der Waals surface area contributed by atoms with Gasteiger partial charge in [0.05, 0.1) is 0 Å². The first kappa shape index (κ1) is 13.6. The highest BCUT2D eigenvalue weighted by molar-refractivity contribution is 5.87. The lowest BCUT2D eigenvalue weighted by Crippen LogP contribution is -2.70. The normalized spacial score (nSPS) is 54.6. The van der Waals surface area contributed by atoms with Crippen molar-refractivity contribution in [3.05, 3.63) is 12.7 Å². The van der Waals surface area contributed by atoms with Crippen LogP contribution in [0.3, 0.4) is 0 Å². The number of hydrogen-bond acceptors (Lipinski definition) is 1. The second kappa shape index (κ2) is 4.61. The van der Waals surface area contributed by atoms with Crippen molar-refractivity contribution < 1.29 is 4.79 Å². The lowest BCUT2D eigenvalue weighted by molar-refractivity contribution is -0.138.